The minimum Gasteiger partial charge on any atom is -0.461 e. The summed E-state index contributed by atoms with van der Waals surface area (Å²) < 4.78 is 12.1. The Morgan fingerprint density at radius 2 is 2.13 bits per heavy atom. The molecule has 0 amide bonds. The van der Waals surface area contributed by atoms with E-state index in [4.69, 9.17) is 9.15 Å². The summed E-state index contributed by atoms with van der Waals surface area (Å²) in [4.78, 5) is 24.1. The second-order valence-corrected chi connectivity index (χ2v) is 5.22. The Bertz CT molecular complexity index is 618. The van der Waals surface area contributed by atoms with E-state index in [1.165, 1.54) is 6.26 Å². The number of piperazine rings is 1. The highest BCUT2D eigenvalue weighted by atomic mass is 16.5. The van der Waals surface area contributed by atoms with Crippen LogP contribution in [0.2, 0.25) is 0 Å². The van der Waals surface area contributed by atoms with Gasteiger partial charge < -0.3 is 14.1 Å². The largest absolute Gasteiger partial charge is 0.461 e. The number of aromatic nitrogens is 4. The third-order valence-electron chi connectivity index (χ3n) is 3.73. The van der Waals surface area contributed by atoms with Crippen LogP contribution in [-0.4, -0.2) is 69.9 Å². The monoisotopic (exact) mass is 320 g/mol. The molecule has 0 aromatic carbocycles. The lowest BCUT2D eigenvalue weighted by molar-refractivity contribution is 0.0519. The molecule has 0 radical (unpaired) electrons. The number of carbonyl (C=O) groups excluding carboxylic acids is 1. The van der Waals surface area contributed by atoms with Crippen LogP contribution in [0.1, 0.15) is 17.4 Å². The van der Waals surface area contributed by atoms with E-state index in [1.54, 1.807) is 19.6 Å². The van der Waals surface area contributed by atoms with Crippen LogP contribution in [0.25, 0.3) is 0 Å². The summed E-state index contributed by atoms with van der Waals surface area (Å²) in [6.45, 7) is 7.27. The number of anilines is 1. The van der Waals surface area contributed by atoms with Crippen LogP contribution >= 0.6 is 0 Å². The molecule has 9 heteroatoms. The molecule has 9 nitrogen and oxygen atoms in total. The zero-order valence-corrected chi connectivity index (χ0v) is 13.1. The Morgan fingerprint density at radius 1 is 1.30 bits per heavy atom. The molecular formula is C14H20N6O3. The number of hydrogen-bond acceptors (Lipinski definition) is 8. The van der Waals surface area contributed by atoms with Crippen molar-refractivity contribution in [2.24, 2.45) is 0 Å². The fraction of sp³-hybridized carbons (Fsp3) is 0.571. The van der Waals surface area contributed by atoms with E-state index in [9.17, 15) is 4.79 Å². The standard InChI is InChI=1S/C14H20N6O3/c1-2-22-13(21)12-9-23-14(17-12)19-6-3-18(4-7-19)5-8-20-11-15-10-16-20/h9-11H,2-8H2,1H3. The number of ether oxygens (including phenoxy) is 1. The molecule has 124 valence electrons. The van der Waals surface area contributed by atoms with E-state index in [-0.39, 0.29) is 5.69 Å². The van der Waals surface area contributed by atoms with Crippen molar-refractivity contribution in [3.8, 4) is 0 Å². The second kappa shape index (κ2) is 7.23. The van der Waals surface area contributed by atoms with Gasteiger partial charge in [-0.3, -0.25) is 9.58 Å². The number of hydrogen-bond donors (Lipinski definition) is 0. The first-order valence-electron chi connectivity index (χ1n) is 7.68. The number of oxazole rings is 1. The molecule has 0 bridgehead atoms. The number of carbonyl (C=O) groups is 1. The normalized spacial score (nSPS) is 15.8. The average Bonchev–Trinajstić information content (AvgIpc) is 3.25. The summed E-state index contributed by atoms with van der Waals surface area (Å²) in [5, 5.41) is 4.10. The highest BCUT2D eigenvalue weighted by Gasteiger charge is 2.22. The van der Waals surface area contributed by atoms with E-state index in [2.05, 4.69) is 20.0 Å². The summed E-state index contributed by atoms with van der Waals surface area (Å²) >= 11 is 0. The smallest absolute Gasteiger partial charge is 0.360 e. The molecule has 0 aliphatic carbocycles. The van der Waals surface area contributed by atoms with Crippen molar-refractivity contribution in [2.75, 3.05) is 44.2 Å². The SMILES string of the molecule is CCOC(=O)c1coc(N2CCN(CCn3cncn3)CC2)n1. The summed E-state index contributed by atoms with van der Waals surface area (Å²) in [5.74, 6) is -0.450. The zero-order chi connectivity index (χ0) is 16.1. The number of rotatable bonds is 6. The van der Waals surface area contributed by atoms with Crippen molar-refractivity contribution < 1.29 is 13.9 Å². The molecule has 3 rings (SSSR count). The molecule has 1 aliphatic rings. The summed E-state index contributed by atoms with van der Waals surface area (Å²) in [7, 11) is 0. The van der Waals surface area contributed by atoms with Gasteiger partial charge in [0.05, 0.1) is 13.2 Å². The van der Waals surface area contributed by atoms with Crippen LogP contribution in [0.4, 0.5) is 6.01 Å². The summed E-state index contributed by atoms with van der Waals surface area (Å²) in [6.07, 6.45) is 4.62. The van der Waals surface area contributed by atoms with Gasteiger partial charge in [-0.05, 0) is 6.92 Å². The topological polar surface area (TPSA) is 89.5 Å². The molecule has 1 saturated heterocycles. The Balaban J connectivity index is 1.48. The fourth-order valence-corrected chi connectivity index (χ4v) is 2.46. The van der Waals surface area contributed by atoms with Gasteiger partial charge in [-0.2, -0.15) is 10.1 Å². The Hall–Kier alpha value is -2.42. The summed E-state index contributed by atoms with van der Waals surface area (Å²) in [5.41, 5.74) is 0.218. The average molecular weight is 320 g/mol. The van der Waals surface area contributed by atoms with Crippen molar-refractivity contribution in [3.05, 3.63) is 24.6 Å². The minimum atomic E-state index is -0.450. The van der Waals surface area contributed by atoms with Crippen molar-refractivity contribution >= 4 is 12.0 Å². The van der Waals surface area contributed by atoms with Crippen molar-refractivity contribution in [1.82, 2.24) is 24.6 Å². The first kappa shape index (κ1) is 15.5. The van der Waals surface area contributed by atoms with Crippen molar-refractivity contribution in [2.45, 2.75) is 13.5 Å². The molecule has 0 spiro atoms. The molecule has 0 unspecified atom stereocenters. The van der Waals surface area contributed by atoms with Crippen LogP contribution in [0, 0.1) is 0 Å². The fourth-order valence-electron chi connectivity index (χ4n) is 2.46. The molecule has 0 N–H and O–H groups in total. The van der Waals surface area contributed by atoms with Gasteiger partial charge in [0, 0.05) is 32.7 Å². The van der Waals surface area contributed by atoms with E-state index in [0.29, 0.717) is 12.6 Å². The molecule has 1 aliphatic heterocycles. The van der Waals surface area contributed by atoms with E-state index in [1.807, 2.05) is 9.58 Å². The Morgan fingerprint density at radius 3 is 2.83 bits per heavy atom. The number of esters is 1. The molecule has 23 heavy (non-hydrogen) atoms. The minimum absolute atomic E-state index is 0.218. The third-order valence-corrected chi connectivity index (χ3v) is 3.73. The van der Waals surface area contributed by atoms with E-state index in [0.717, 1.165) is 39.3 Å². The predicted molar refractivity (Wildman–Crippen MR) is 81.1 cm³/mol. The van der Waals surface area contributed by atoms with Gasteiger partial charge in [0.2, 0.25) is 0 Å². The van der Waals surface area contributed by atoms with Crippen molar-refractivity contribution in [1.29, 1.82) is 0 Å². The zero-order valence-electron chi connectivity index (χ0n) is 13.1. The lowest BCUT2D eigenvalue weighted by Gasteiger charge is -2.33. The molecule has 2 aromatic heterocycles. The number of nitrogens with zero attached hydrogens (tertiary/aromatic N) is 6. The molecule has 2 aromatic rings. The Labute approximate surface area is 133 Å². The lowest BCUT2D eigenvalue weighted by Crippen LogP contribution is -2.47. The second-order valence-electron chi connectivity index (χ2n) is 5.22. The van der Waals surface area contributed by atoms with Gasteiger partial charge in [0.1, 0.15) is 18.9 Å². The van der Waals surface area contributed by atoms with E-state index < -0.39 is 5.97 Å². The Kier molecular flexibility index (Phi) is 4.86. The highest BCUT2D eigenvalue weighted by molar-refractivity contribution is 5.87. The molecule has 1 fully saturated rings. The van der Waals surface area contributed by atoms with E-state index >= 15 is 0 Å². The van der Waals surface area contributed by atoms with Gasteiger partial charge in [0.25, 0.3) is 6.01 Å². The van der Waals surface area contributed by atoms with Gasteiger partial charge >= 0.3 is 5.97 Å². The molecule has 0 atom stereocenters. The maximum Gasteiger partial charge on any atom is 0.360 e. The van der Waals surface area contributed by atoms with Crippen LogP contribution in [0.5, 0.6) is 0 Å². The van der Waals surface area contributed by atoms with Crippen molar-refractivity contribution in [3.63, 3.8) is 0 Å². The molecule has 3 heterocycles. The maximum absolute atomic E-state index is 11.6. The lowest BCUT2D eigenvalue weighted by atomic mass is 10.3. The van der Waals surface area contributed by atoms with Crippen LogP contribution < -0.4 is 4.90 Å². The molecular weight excluding hydrogens is 300 g/mol. The first-order valence-corrected chi connectivity index (χ1v) is 7.68. The maximum atomic E-state index is 11.6. The van der Waals surface area contributed by atoms with Crippen LogP contribution in [-0.2, 0) is 11.3 Å². The van der Waals surface area contributed by atoms with Gasteiger partial charge in [-0.1, -0.05) is 0 Å². The van der Waals surface area contributed by atoms with Gasteiger partial charge in [-0.15, -0.1) is 0 Å². The quantitative estimate of drug-likeness (QED) is 0.701. The third kappa shape index (κ3) is 3.86. The predicted octanol–water partition coefficient (Wildman–Crippen LogP) is 0.265. The highest BCUT2D eigenvalue weighted by Crippen LogP contribution is 2.16. The van der Waals surface area contributed by atoms with Gasteiger partial charge in [0.15, 0.2) is 5.69 Å². The van der Waals surface area contributed by atoms with Crippen LogP contribution in [0.15, 0.2) is 23.3 Å². The summed E-state index contributed by atoms with van der Waals surface area (Å²) in [6, 6.07) is 0.476. The van der Waals surface area contributed by atoms with Crippen LogP contribution in [0.3, 0.4) is 0 Å². The molecule has 0 saturated carbocycles. The first-order chi connectivity index (χ1) is 11.3. The van der Waals surface area contributed by atoms with Gasteiger partial charge in [-0.25, -0.2) is 9.78 Å².